The van der Waals surface area contributed by atoms with Gasteiger partial charge in [0.05, 0.1) is 13.3 Å². The van der Waals surface area contributed by atoms with E-state index in [9.17, 15) is 14.4 Å². The van der Waals surface area contributed by atoms with Crippen molar-refractivity contribution < 1.29 is 23.9 Å². The van der Waals surface area contributed by atoms with Crippen LogP contribution in [-0.4, -0.2) is 44.2 Å². The molecule has 0 heterocycles. The first kappa shape index (κ1) is 24.4. The highest BCUT2D eigenvalue weighted by molar-refractivity contribution is 6.35. The molecule has 32 heavy (non-hydrogen) atoms. The van der Waals surface area contributed by atoms with E-state index in [1.807, 2.05) is 39.0 Å². The van der Waals surface area contributed by atoms with Gasteiger partial charge in [0.15, 0.2) is 18.1 Å². The second-order valence-corrected chi connectivity index (χ2v) is 7.08. The molecule has 0 spiro atoms. The van der Waals surface area contributed by atoms with Crippen LogP contribution in [0.25, 0.3) is 0 Å². The fourth-order valence-electron chi connectivity index (χ4n) is 2.81. The highest BCUT2D eigenvalue weighted by Crippen LogP contribution is 2.27. The summed E-state index contributed by atoms with van der Waals surface area (Å²) in [5, 5.41) is 9.03. The molecule has 2 rings (SSSR count). The first-order valence-electron chi connectivity index (χ1n) is 10.1. The zero-order chi connectivity index (χ0) is 23.5. The third-order valence-electron chi connectivity index (χ3n) is 4.17. The number of rotatable bonds is 9. The van der Waals surface area contributed by atoms with Crippen LogP contribution in [0.1, 0.15) is 30.0 Å². The van der Waals surface area contributed by atoms with Gasteiger partial charge in [0.1, 0.15) is 0 Å². The lowest BCUT2D eigenvalue weighted by Crippen LogP contribution is -2.38. The minimum absolute atomic E-state index is 0.195. The van der Waals surface area contributed by atoms with Gasteiger partial charge in [-0.25, -0.2) is 5.43 Å². The molecular formula is C23H28N4O5. The van der Waals surface area contributed by atoms with Gasteiger partial charge in [-0.05, 0) is 67.3 Å². The van der Waals surface area contributed by atoms with Crippen LogP contribution in [0.15, 0.2) is 41.5 Å². The minimum Gasteiger partial charge on any atom is -0.493 e. The van der Waals surface area contributed by atoms with Gasteiger partial charge < -0.3 is 20.1 Å². The van der Waals surface area contributed by atoms with E-state index in [0.29, 0.717) is 29.3 Å². The lowest BCUT2D eigenvalue weighted by atomic mass is 10.1. The first-order valence-corrected chi connectivity index (χ1v) is 10.1. The molecule has 0 bridgehead atoms. The molecule has 0 aliphatic heterocycles. The Morgan fingerprint density at radius 2 is 1.72 bits per heavy atom. The number of aryl methyl sites for hydroxylation is 2. The Hall–Kier alpha value is -3.88. The van der Waals surface area contributed by atoms with Crippen molar-refractivity contribution in [3.05, 3.63) is 53.1 Å². The Morgan fingerprint density at radius 3 is 2.38 bits per heavy atom. The number of anilines is 1. The summed E-state index contributed by atoms with van der Waals surface area (Å²) in [6.45, 7) is 6.02. The van der Waals surface area contributed by atoms with Gasteiger partial charge in [0, 0.05) is 12.2 Å². The molecule has 0 atom stereocenters. The van der Waals surface area contributed by atoms with Crippen LogP contribution in [0.4, 0.5) is 5.69 Å². The number of methoxy groups -OCH3 is 1. The second kappa shape index (κ2) is 12.1. The molecule has 3 amide bonds. The van der Waals surface area contributed by atoms with Gasteiger partial charge in [0.2, 0.25) is 0 Å². The van der Waals surface area contributed by atoms with Crippen LogP contribution in [0.2, 0.25) is 0 Å². The molecule has 170 valence electrons. The summed E-state index contributed by atoms with van der Waals surface area (Å²) in [5.41, 5.74) is 5.57. The third kappa shape index (κ3) is 7.75. The maximum absolute atomic E-state index is 12.2. The molecule has 9 nitrogen and oxygen atoms in total. The van der Waals surface area contributed by atoms with Crippen molar-refractivity contribution >= 4 is 29.6 Å². The van der Waals surface area contributed by atoms with E-state index < -0.39 is 11.8 Å². The van der Waals surface area contributed by atoms with Crippen molar-refractivity contribution in [3.63, 3.8) is 0 Å². The first-order chi connectivity index (χ1) is 15.3. The number of carbonyl (C=O) groups excluding carboxylic acids is 3. The van der Waals surface area contributed by atoms with E-state index in [0.717, 1.165) is 17.5 Å². The van der Waals surface area contributed by atoms with Crippen LogP contribution in [0.3, 0.4) is 0 Å². The summed E-state index contributed by atoms with van der Waals surface area (Å²) >= 11 is 0. The lowest BCUT2D eigenvalue weighted by Gasteiger charge is -2.12. The molecule has 0 radical (unpaired) electrons. The van der Waals surface area contributed by atoms with Gasteiger partial charge in [-0.3, -0.25) is 14.4 Å². The van der Waals surface area contributed by atoms with Crippen LogP contribution in [0, 0.1) is 13.8 Å². The predicted molar refractivity (Wildman–Crippen MR) is 122 cm³/mol. The molecule has 0 saturated heterocycles. The molecule has 2 aromatic rings. The average Bonchev–Trinajstić information content (AvgIpc) is 2.75. The Kier molecular flexibility index (Phi) is 9.22. The van der Waals surface area contributed by atoms with E-state index in [-0.39, 0.29) is 12.5 Å². The summed E-state index contributed by atoms with van der Waals surface area (Å²) in [5.74, 6) is -1.13. The number of hydrazone groups is 1. The van der Waals surface area contributed by atoms with Gasteiger partial charge in [-0.1, -0.05) is 13.0 Å². The largest absolute Gasteiger partial charge is 0.493 e. The van der Waals surface area contributed by atoms with Crippen molar-refractivity contribution in [1.29, 1.82) is 0 Å². The zero-order valence-electron chi connectivity index (χ0n) is 18.7. The topological polar surface area (TPSA) is 118 Å². The van der Waals surface area contributed by atoms with E-state index >= 15 is 0 Å². The molecule has 0 unspecified atom stereocenters. The highest BCUT2D eigenvalue weighted by Gasteiger charge is 2.12. The molecule has 9 heteroatoms. The number of hydrogen-bond acceptors (Lipinski definition) is 6. The van der Waals surface area contributed by atoms with Crippen molar-refractivity contribution in [3.8, 4) is 11.5 Å². The second-order valence-electron chi connectivity index (χ2n) is 7.08. The number of carbonyl (C=O) groups is 3. The Balaban J connectivity index is 1.93. The van der Waals surface area contributed by atoms with Crippen molar-refractivity contribution in [2.75, 3.05) is 25.6 Å². The quantitative estimate of drug-likeness (QED) is 0.314. The van der Waals surface area contributed by atoms with E-state index in [2.05, 4.69) is 21.2 Å². The SMILES string of the molecule is CCCNC(=O)C(=O)N/N=C\c1ccc(OCC(=O)Nc2cc(C)cc(C)c2)c(OC)c1. The number of ether oxygens (including phenoxy) is 2. The van der Waals surface area contributed by atoms with E-state index in [1.54, 1.807) is 18.2 Å². The normalized spacial score (nSPS) is 10.5. The summed E-state index contributed by atoms with van der Waals surface area (Å²) < 4.78 is 10.9. The number of hydrogen-bond donors (Lipinski definition) is 3. The van der Waals surface area contributed by atoms with Crippen LogP contribution in [-0.2, 0) is 14.4 Å². The number of amides is 3. The summed E-state index contributed by atoms with van der Waals surface area (Å²) in [6.07, 6.45) is 2.09. The predicted octanol–water partition coefficient (Wildman–Crippen LogP) is 2.31. The molecule has 0 aromatic heterocycles. The van der Waals surface area contributed by atoms with Crippen LogP contribution >= 0.6 is 0 Å². The standard InChI is InChI=1S/C23H28N4O5/c1-5-8-24-22(29)23(30)27-25-13-17-6-7-19(20(12-17)31-4)32-14-21(28)26-18-10-15(2)9-16(3)11-18/h6-7,9-13H,5,8,14H2,1-4H3,(H,24,29)(H,26,28)(H,27,30)/b25-13-. The zero-order valence-corrected chi connectivity index (χ0v) is 18.7. The molecule has 0 fully saturated rings. The van der Waals surface area contributed by atoms with Crippen LogP contribution in [0.5, 0.6) is 11.5 Å². The smallest absolute Gasteiger partial charge is 0.329 e. The highest BCUT2D eigenvalue weighted by atomic mass is 16.5. The monoisotopic (exact) mass is 440 g/mol. The molecule has 0 aliphatic carbocycles. The maximum Gasteiger partial charge on any atom is 0.329 e. The molecule has 0 aliphatic rings. The molecule has 0 saturated carbocycles. The summed E-state index contributed by atoms with van der Waals surface area (Å²) in [4.78, 5) is 35.3. The summed E-state index contributed by atoms with van der Waals surface area (Å²) in [6, 6.07) is 10.7. The fourth-order valence-corrected chi connectivity index (χ4v) is 2.81. The minimum atomic E-state index is -0.851. The molecule has 3 N–H and O–H groups in total. The number of nitrogens with zero attached hydrogens (tertiary/aromatic N) is 1. The Bertz CT molecular complexity index is 984. The van der Waals surface area contributed by atoms with E-state index in [1.165, 1.54) is 13.3 Å². The Morgan fingerprint density at radius 1 is 1.00 bits per heavy atom. The van der Waals surface area contributed by atoms with Gasteiger partial charge in [0.25, 0.3) is 5.91 Å². The van der Waals surface area contributed by atoms with Gasteiger partial charge in [-0.2, -0.15) is 5.10 Å². The van der Waals surface area contributed by atoms with Crippen molar-refractivity contribution in [2.45, 2.75) is 27.2 Å². The maximum atomic E-state index is 12.2. The van der Waals surface area contributed by atoms with Gasteiger partial charge in [-0.15, -0.1) is 0 Å². The third-order valence-corrected chi connectivity index (χ3v) is 4.17. The lowest BCUT2D eigenvalue weighted by molar-refractivity contribution is -0.139. The number of nitrogens with one attached hydrogen (secondary N) is 3. The molecular weight excluding hydrogens is 412 g/mol. The van der Waals surface area contributed by atoms with Gasteiger partial charge >= 0.3 is 11.8 Å². The van der Waals surface area contributed by atoms with Crippen molar-refractivity contribution in [1.82, 2.24) is 10.7 Å². The average molecular weight is 441 g/mol. The van der Waals surface area contributed by atoms with Crippen LogP contribution < -0.4 is 25.5 Å². The molecule has 2 aromatic carbocycles. The van der Waals surface area contributed by atoms with E-state index in [4.69, 9.17) is 9.47 Å². The fraction of sp³-hybridized carbons (Fsp3) is 0.304. The Labute approximate surface area is 187 Å². The summed E-state index contributed by atoms with van der Waals surface area (Å²) in [7, 11) is 1.47. The van der Waals surface area contributed by atoms with Crippen molar-refractivity contribution in [2.24, 2.45) is 5.10 Å². The number of benzene rings is 2.